The molecule has 0 bridgehead atoms. The Kier molecular flexibility index (Phi) is 8.99. The van der Waals surface area contributed by atoms with E-state index < -0.39 is 12.3 Å². The molecule has 45 heavy (non-hydrogen) atoms. The topological polar surface area (TPSA) is 123 Å². The van der Waals surface area contributed by atoms with Gasteiger partial charge in [0.1, 0.15) is 23.9 Å². The van der Waals surface area contributed by atoms with E-state index in [1.165, 1.54) is 12.1 Å². The number of anilines is 2. The lowest BCUT2D eigenvalue weighted by atomic mass is 9.80. The normalized spacial score (nSPS) is 19.8. The zero-order valence-corrected chi connectivity index (χ0v) is 24.8. The summed E-state index contributed by atoms with van der Waals surface area (Å²) in [7, 11) is 0. The van der Waals surface area contributed by atoms with Crippen LogP contribution in [0.15, 0.2) is 42.5 Å². The van der Waals surface area contributed by atoms with E-state index in [9.17, 15) is 18.0 Å². The molecule has 1 aromatic heterocycles. The first-order chi connectivity index (χ1) is 21.6. The molecule has 10 nitrogen and oxygen atoms in total. The number of piperazine rings is 1. The van der Waals surface area contributed by atoms with E-state index in [4.69, 9.17) is 20.3 Å². The van der Waals surface area contributed by atoms with Gasteiger partial charge < -0.3 is 30.0 Å². The lowest BCUT2D eigenvalue weighted by Crippen LogP contribution is -2.48. The molecule has 2 heterocycles. The first kappa shape index (κ1) is 30.9. The molecule has 3 aliphatic rings. The van der Waals surface area contributed by atoms with Crippen LogP contribution in [0.1, 0.15) is 36.0 Å². The number of halogens is 3. The molecule has 1 saturated heterocycles. The fourth-order valence-corrected chi connectivity index (χ4v) is 6.27. The van der Waals surface area contributed by atoms with Gasteiger partial charge in [-0.2, -0.15) is 4.98 Å². The van der Waals surface area contributed by atoms with Crippen molar-refractivity contribution in [3.8, 4) is 22.8 Å². The van der Waals surface area contributed by atoms with E-state index in [-0.39, 0.29) is 36.7 Å². The molecule has 2 fully saturated rings. The number of ether oxygens (including phenoxy) is 3. The Bertz CT molecular complexity index is 1510. The predicted octanol–water partition coefficient (Wildman–Crippen LogP) is 4.69. The van der Waals surface area contributed by atoms with Crippen molar-refractivity contribution in [1.82, 2.24) is 14.9 Å². The van der Waals surface area contributed by atoms with Crippen molar-refractivity contribution in [3.05, 3.63) is 59.2 Å². The smallest absolute Gasteiger partial charge is 0.489 e. The lowest BCUT2D eigenvalue weighted by Gasteiger charge is -2.38. The van der Waals surface area contributed by atoms with Crippen molar-refractivity contribution in [1.29, 1.82) is 0 Å². The number of aromatic nitrogens is 2. The van der Waals surface area contributed by atoms with Crippen molar-refractivity contribution < 1.29 is 37.3 Å². The summed E-state index contributed by atoms with van der Waals surface area (Å²) in [4.78, 5) is 24.8. The Hall–Kier alpha value is -4.10. The second-order valence-corrected chi connectivity index (χ2v) is 11.8. The van der Waals surface area contributed by atoms with Crippen molar-refractivity contribution >= 4 is 17.7 Å². The van der Waals surface area contributed by atoms with E-state index in [0.717, 1.165) is 92.2 Å². The summed E-state index contributed by atoms with van der Waals surface area (Å²) < 4.78 is 53.1. The van der Waals surface area contributed by atoms with E-state index in [1.807, 2.05) is 18.2 Å². The number of nitrogens with zero attached hydrogens (tertiary/aromatic N) is 4. The van der Waals surface area contributed by atoms with Crippen molar-refractivity contribution in [3.63, 3.8) is 0 Å². The molecule has 0 amide bonds. The highest BCUT2D eigenvalue weighted by atomic mass is 19.4. The summed E-state index contributed by atoms with van der Waals surface area (Å²) >= 11 is 0. The van der Waals surface area contributed by atoms with Crippen molar-refractivity contribution in [2.24, 2.45) is 5.92 Å². The Morgan fingerprint density at radius 2 is 1.73 bits per heavy atom. The molecule has 0 unspecified atom stereocenters. The Morgan fingerprint density at radius 1 is 1.00 bits per heavy atom. The second-order valence-electron chi connectivity index (χ2n) is 11.8. The SMILES string of the molecule is Nc1nc2c(c(N3CCN(CCO[C@H]4C[C@@H](CC(=O)O)C4)CC3)n1)CCc1cc(OCc3ccc(OC(F)(F)F)cc3)ccc1-2. The molecule has 1 saturated carbocycles. The maximum Gasteiger partial charge on any atom is 0.573 e. The zero-order valence-electron chi connectivity index (χ0n) is 24.8. The monoisotopic (exact) mass is 627 g/mol. The molecule has 0 radical (unpaired) electrons. The maximum absolute atomic E-state index is 12.4. The van der Waals surface area contributed by atoms with Crippen LogP contribution in [0.25, 0.3) is 11.3 Å². The summed E-state index contributed by atoms with van der Waals surface area (Å²) in [5.74, 6) is 1.01. The highest BCUT2D eigenvalue weighted by molar-refractivity contribution is 5.76. The number of aliphatic carboxylic acids is 1. The van der Waals surface area contributed by atoms with Crippen LogP contribution in [0.3, 0.4) is 0 Å². The molecule has 2 aliphatic carbocycles. The minimum atomic E-state index is -4.73. The predicted molar refractivity (Wildman–Crippen MR) is 160 cm³/mol. The first-order valence-electron chi connectivity index (χ1n) is 15.2. The number of alkyl halides is 3. The average Bonchev–Trinajstić information content (AvgIpc) is 2.98. The minimum absolute atomic E-state index is 0.180. The standard InChI is InChI=1S/C32H36F3N5O5/c33-32(34,35)45-23-4-1-20(2-5-23)19-44-24-6-8-26-22(18-24)3-7-27-29(26)37-31(36)38-30(27)40-11-9-39(10-12-40)13-14-43-25-15-21(16-25)17-28(41)42/h1-2,4-6,8,18,21,25H,3,7,9-17,19H2,(H,41,42)(H2,36,37,38)/t21-,25+. The summed E-state index contributed by atoms with van der Waals surface area (Å²) in [5, 5.41) is 8.90. The highest BCUT2D eigenvalue weighted by Gasteiger charge is 2.32. The number of fused-ring (bicyclic) bond motifs is 3. The molecule has 0 atom stereocenters. The van der Waals surface area contributed by atoms with E-state index in [2.05, 4.69) is 24.5 Å². The molecular weight excluding hydrogens is 591 g/mol. The Balaban J connectivity index is 1.03. The quantitative estimate of drug-likeness (QED) is 0.310. The zero-order chi connectivity index (χ0) is 31.6. The van der Waals surface area contributed by atoms with Crippen LogP contribution >= 0.6 is 0 Å². The Morgan fingerprint density at radius 3 is 2.44 bits per heavy atom. The number of hydrogen-bond donors (Lipinski definition) is 2. The van der Waals surface area contributed by atoms with Gasteiger partial charge in [0.15, 0.2) is 0 Å². The van der Waals surface area contributed by atoms with Gasteiger partial charge in [-0.3, -0.25) is 9.69 Å². The third kappa shape index (κ3) is 7.77. The summed E-state index contributed by atoms with van der Waals surface area (Å²) in [6, 6.07) is 11.4. The van der Waals surface area contributed by atoms with E-state index in [1.54, 1.807) is 12.1 Å². The molecule has 3 N–H and O–H groups in total. The van der Waals surface area contributed by atoms with Gasteiger partial charge in [-0.05, 0) is 73.1 Å². The van der Waals surface area contributed by atoms with Gasteiger partial charge in [-0.1, -0.05) is 12.1 Å². The number of carboxylic acids is 1. The number of carbonyl (C=O) groups is 1. The van der Waals surface area contributed by atoms with Crippen LogP contribution in [0.4, 0.5) is 24.9 Å². The molecule has 3 aromatic rings. The number of hydrogen-bond acceptors (Lipinski definition) is 9. The molecule has 13 heteroatoms. The second kappa shape index (κ2) is 13.1. The van der Waals surface area contributed by atoms with Crippen LogP contribution in [0, 0.1) is 5.92 Å². The van der Waals surface area contributed by atoms with Gasteiger partial charge >= 0.3 is 12.3 Å². The van der Waals surface area contributed by atoms with Crippen LogP contribution in [-0.4, -0.2) is 77.7 Å². The molecular formula is C32H36F3N5O5. The number of nitrogens with two attached hydrogens (primary N) is 1. The van der Waals surface area contributed by atoms with E-state index in [0.29, 0.717) is 12.4 Å². The number of aryl methyl sites for hydroxylation is 1. The highest BCUT2D eigenvalue weighted by Crippen LogP contribution is 2.39. The molecule has 2 aromatic carbocycles. The van der Waals surface area contributed by atoms with Crippen LogP contribution in [0.5, 0.6) is 11.5 Å². The number of benzene rings is 2. The number of nitrogen functional groups attached to an aromatic ring is 1. The maximum atomic E-state index is 12.4. The fraction of sp³-hybridized carbons (Fsp3) is 0.469. The summed E-state index contributed by atoms with van der Waals surface area (Å²) in [6.45, 7) is 5.08. The third-order valence-corrected chi connectivity index (χ3v) is 8.63. The largest absolute Gasteiger partial charge is 0.573 e. The van der Waals surface area contributed by atoms with Crippen LogP contribution in [-0.2, 0) is 29.0 Å². The third-order valence-electron chi connectivity index (χ3n) is 8.63. The Labute approximate surface area is 258 Å². The van der Waals surface area contributed by atoms with Gasteiger partial charge in [0.25, 0.3) is 0 Å². The lowest BCUT2D eigenvalue weighted by molar-refractivity contribution is -0.274. The van der Waals surface area contributed by atoms with Gasteiger partial charge in [0.05, 0.1) is 18.4 Å². The van der Waals surface area contributed by atoms with Crippen LogP contribution in [0.2, 0.25) is 0 Å². The first-order valence-corrected chi connectivity index (χ1v) is 15.2. The van der Waals surface area contributed by atoms with Gasteiger partial charge in [-0.25, -0.2) is 4.98 Å². The van der Waals surface area contributed by atoms with E-state index >= 15 is 0 Å². The summed E-state index contributed by atoms with van der Waals surface area (Å²) in [5.41, 5.74) is 10.9. The number of carboxylic acid groups (broad SMARTS) is 1. The minimum Gasteiger partial charge on any atom is -0.489 e. The van der Waals surface area contributed by atoms with Crippen molar-refractivity contribution in [2.75, 3.05) is 50.0 Å². The molecule has 240 valence electrons. The summed E-state index contributed by atoms with van der Waals surface area (Å²) in [6.07, 6.45) is -1.10. The average molecular weight is 628 g/mol. The molecule has 1 aliphatic heterocycles. The fourth-order valence-electron chi connectivity index (χ4n) is 6.27. The van der Waals surface area contributed by atoms with Gasteiger partial charge in [0.2, 0.25) is 5.95 Å². The van der Waals surface area contributed by atoms with Gasteiger partial charge in [-0.15, -0.1) is 13.2 Å². The number of rotatable bonds is 11. The molecule has 6 rings (SSSR count). The van der Waals surface area contributed by atoms with Crippen molar-refractivity contribution in [2.45, 2.75) is 51.2 Å². The van der Waals surface area contributed by atoms with Gasteiger partial charge in [0, 0.05) is 50.3 Å². The van der Waals surface area contributed by atoms with Crippen LogP contribution < -0.4 is 20.1 Å². The molecule has 0 spiro atoms.